The molecule has 4 rings (SSSR count). The van der Waals surface area contributed by atoms with Crippen molar-refractivity contribution in [3.8, 4) is 16.9 Å². The van der Waals surface area contributed by atoms with Gasteiger partial charge >= 0.3 is 0 Å². The molecule has 1 aliphatic carbocycles. The Morgan fingerprint density at radius 2 is 1.40 bits per heavy atom. The van der Waals surface area contributed by atoms with Crippen LogP contribution < -0.4 is 15.6 Å². The predicted molar refractivity (Wildman–Crippen MR) is 97.3 cm³/mol. The molecule has 0 aromatic heterocycles. The summed E-state index contributed by atoms with van der Waals surface area (Å²) in [6, 6.07) is 23.5. The number of carbonyl (C=O) groups is 1. The fraction of sp³-hybridized carbons (Fsp3) is 0.0952. The van der Waals surface area contributed by atoms with Crippen molar-refractivity contribution in [1.82, 2.24) is 10.9 Å². The molecule has 1 amide bonds. The van der Waals surface area contributed by atoms with Gasteiger partial charge in [0.15, 0.2) is 0 Å². The fourth-order valence-corrected chi connectivity index (χ4v) is 3.26. The lowest BCUT2D eigenvalue weighted by atomic mass is 10.1. The summed E-state index contributed by atoms with van der Waals surface area (Å²) in [6.45, 7) is 0. The Bertz CT molecular complexity index is 874. The van der Waals surface area contributed by atoms with E-state index in [-0.39, 0.29) is 11.9 Å². The first-order valence-electron chi connectivity index (χ1n) is 8.16. The van der Waals surface area contributed by atoms with E-state index in [1.54, 1.807) is 31.4 Å². The lowest BCUT2D eigenvalue weighted by Gasteiger charge is -2.16. The molecular formula is C21H18N2O2. The average Bonchev–Trinajstić information content (AvgIpc) is 3.00. The van der Waals surface area contributed by atoms with E-state index in [0.29, 0.717) is 5.56 Å². The van der Waals surface area contributed by atoms with Gasteiger partial charge in [-0.3, -0.25) is 10.2 Å². The summed E-state index contributed by atoms with van der Waals surface area (Å²) in [5.74, 6) is 0.549. The molecule has 0 spiro atoms. The van der Waals surface area contributed by atoms with Gasteiger partial charge in [-0.2, -0.15) is 0 Å². The minimum Gasteiger partial charge on any atom is -0.497 e. The summed E-state index contributed by atoms with van der Waals surface area (Å²) >= 11 is 0. The zero-order valence-corrected chi connectivity index (χ0v) is 13.8. The average molecular weight is 330 g/mol. The number of benzene rings is 3. The van der Waals surface area contributed by atoms with Gasteiger partial charge < -0.3 is 4.74 Å². The zero-order valence-electron chi connectivity index (χ0n) is 13.8. The first-order valence-corrected chi connectivity index (χ1v) is 8.16. The second-order valence-corrected chi connectivity index (χ2v) is 5.93. The normalized spacial score (nSPS) is 12.4. The second kappa shape index (κ2) is 6.42. The molecule has 3 aromatic rings. The standard InChI is InChI=1S/C21H18N2O2/c1-25-15-12-10-14(11-13-15)21(24)23-22-20-18-8-4-2-6-16(18)17-7-3-5-9-19(17)20/h2-13,20,22H,1H3,(H,23,24). The highest BCUT2D eigenvalue weighted by Crippen LogP contribution is 2.42. The van der Waals surface area contributed by atoms with Crippen molar-refractivity contribution in [3.63, 3.8) is 0 Å². The van der Waals surface area contributed by atoms with Crippen LogP contribution in [0.2, 0.25) is 0 Å². The predicted octanol–water partition coefficient (Wildman–Crippen LogP) is 3.70. The molecule has 1 aliphatic rings. The van der Waals surface area contributed by atoms with Gasteiger partial charge in [-0.25, -0.2) is 5.43 Å². The molecule has 0 aliphatic heterocycles. The van der Waals surface area contributed by atoms with Crippen LogP contribution >= 0.6 is 0 Å². The largest absolute Gasteiger partial charge is 0.497 e. The van der Waals surface area contributed by atoms with Gasteiger partial charge in [-0.1, -0.05) is 48.5 Å². The number of fused-ring (bicyclic) bond motifs is 3. The summed E-state index contributed by atoms with van der Waals surface area (Å²) in [4.78, 5) is 12.4. The van der Waals surface area contributed by atoms with Gasteiger partial charge in [0.1, 0.15) is 5.75 Å². The molecule has 0 fully saturated rings. The molecule has 0 bridgehead atoms. The Hall–Kier alpha value is -3.11. The Morgan fingerprint density at radius 1 is 0.840 bits per heavy atom. The molecular weight excluding hydrogens is 312 g/mol. The van der Waals surface area contributed by atoms with Gasteiger partial charge in [-0.15, -0.1) is 0 Å². The van der Waals surface area contributed by atoms with Crippen molar-refractivity contribution in [1.29, 1.82) is 0 Å². The SMILES string of the molecule is COc1ccc(C(=O)NNC2c3ccccc3-c3ccccc32)cc1. The Labute approximate surface area is 146 Å². The summed E-state index contributed by atoms with van der Waals surface area (Å²) < 4.78 is 5.12. The Kier molecular flexibility index (Phi) is 3.96. The number of hydrogen-bond acceptors (Lipinski definition) is 3. The number of hydrazine groups is 1. The molecule has 124 valence electrons. The zero-order chi connectivity index (χ0) is 17.2. The van der Waals surface area contributed by atoms with Crippen molar-refractivity contribution in [2.24, 2.45) is 0 Å². The third-order valence-electron chi connectivity index (χ3n) is 4.52. The van der Waals surface area contributed by atoms with E-state index >= 15 is 0 Å². The highest BCUT2D eigenvalue weighted by molar-refractivity contribution is 5.94. The number of methoxy groups -OCH3 is 1. The van der Waals surface area contributed by atoms with Crippen molar-refractivity contribution in [2.75, 3.05) is 7.11 Å². The molecule has 4 nitrogen and oxygen atoms in total. The number of amides is 1. The van der Waals surface area contributed by atoms with E-state index in [2.05, 4.69) is 35.1 Å². The second-order valence-electron chi connectivity index (χ2n) is 5.93. The molecule has 0 atom stereocenters. The number of ether oxygens (including phenoxy) is 1. The first kappa shape index (κ1) is 15.4. The minimum absolute atomic E-state index is 0.0606. The number of hydrogen-bond donors (Lipinski definition) is 2. The Balaban J connectivity index is 1.55. The third kappa shape index (κ3) is 2.77. The van der Waals surface area contributed by atoms with E-state index in [4.69, 9.17) is 4.74 Å². The van der Waals surface area contributed by atoms with Crippen LogP contribution in [-0.4, -0.2) is 13.0 Å². The maximum Gasteiger partial charge on any atom is 0.265 e. The van der Waals surface area contributed by atoms with Crippen LogP contribution in [-0.2, 0) is 0 Å². The topological polar surface area (TPSA) is 50.4 Å². The van der Waals surface area contributed by atoms with Crippen LogP contribution in [0.25, 0.3) is 11.1 Å². The van der Waals surface area contributed by atoms with Crippen molar-refractivity contribution < 1.29 is 9.53 Å². The Morgan fingerprint density at radius 3 is 1.96 bits per heavy atom. The molecule has 3 aromatic carbocycles. The fourth-order valence-electron chi connectivity index (χ4n) is 3.26. The van der Waals surface area contributed by atoms with Gasteiger partial charge in [0.25, 0.3) is 5.91 Å². The van der Waals surface area contributed by atoms with E-state index in [1.165, 1.54) is 22.3 Å². The van der Waals surface area contributed by atoms with Crippen LogP contribution in [0.1, 0.15) is 27.5 Å². The molecule has 0 saturated heterocycles. The summed E-state index contributed by atoms with van der Waals surface area (Å²) in [5.41, 5.74) is 11.3. The molecule has 0 unspecified atom stereocenters. The quantitative estimate of drug-likeness (QED) is 0.717. The highest BCUT2D eigenvalue weighted by atomic mass is 16.5. The van der Waals surface area contributed by atoms with E-state index in [1.807, 2.05) is 24.3 Å². The van der Waals surface area contributed by atoms with Crippen molar-refractivity contribution in [3.05, 3.63) is 89.5 Å². The van der Waals surface area contributed by atoms with E-state index in [0.717, 1.165) is 5.75 Å². The smallest absolute Gasteiger partial charge is 0.265 e. The van der Waals surface area contributed by atoms with E-state index < -0.39 is 0 Å². The lowest BCUT2D eigenvalue weighted by molar-refractivity contribution is 0.0928. The first-order chi connectivity index (χ1) is 12.3. The molecule has 0 radical (unpaired) electrons. The minimum atomic E-state index is -0.176. The van der Waals surface area contributed by atoms with Crippen LogP contribution in [0, 0.1) is 0 Å². The van der Waals surface area contributed by atoms with Crippen LogP contribution in [0.4, 0.5) is 0 Å². The monoisotopic (exact) mass is 330 g/mol. The van der Waals surface area contributed by atoms with Crippen LogP contribution in [0.15, 0.2) is 72.8 Å². The molecule has 4 heteroatoms. The number of rotatable bonds is 4. The molecule has 0 saturated carbocycles. The van der Waals surface area contributed by atoms with Gasteiger partial charge in [-0.05, 0) is 46.5 Å². The number of nitrogens with one attached hydrogen (secondary N) is 2. The molecule has 2 N–H and O–H groups in total. The maximum absolute atomic E-state index is 12.4. The molecule has 0 heterocycles. The van der Waals surface area contributed by atoms with Crippen LogP contribution in [0.5, 0.6) is 5.75 Å². The van der Waals surface area contributed by atoms with Crippen LogP contribution in [0.3, 0.4) is 0 Å². The number of carbonyl (C=O) groups excluding carboxylic acids is 1. The molecule has 25 heavy (non-hydrogen) atoms. The van der Waals surface area contributed by atoms with Crippen molar-refractivity contribution >= 4 is 5.91 Å². The summed E-state index contributed by atoms with van der Waals surface area (Å²) in [7, 11) is 1.60. The van der Waals surface area contributed by atoms with Crippen molar-refractivity contribution in [2.45, 2.75) is 6.04 Å². The highest BCUT2D eigenvalue weighted by Gasteiger charge is 2.28. The van der Waals surface area contributed by atoms with Gasteiger partial charge in [0.2, 0.25) is 0 Å². The summed E-state index contributed by atoms with van der Waals surface area (Å²) in [5, 5.41) is 0. The maximum atomic E-state index is 12.4. The lowest BCUT2D eigenvalue weighted by Crippen LogP contribution is -2.39. The third-order valence-corrected chi connectivity index (χ3v) is 4.52. The van der Waals surface area contributed by atoms with E-state index in [9.17, 15) is 4.79 Å². The van der Waals surface area contributed by atoms with Gasteiger partial charge in [0.05, 0.1) is 13.2 Å². The summed E-state index contributed by atoms with van der Waals surface area (Å²) in [6.07, 6.45) is 0. The van der Waals surface area contributed by atoms with Gasteiger partial charge in [0, 0.05) is 5.56 Å².